The Morgan fingerprint density at radius 3 is 2.55 bits per heavy atom. The van der Waals surface area contributed by atoms with E-state index in [0.29, 0.717) is 38.9 Å². The van der Waals surface area contributed by atoms with Gasteiger partial charge >= 0.3 is 0 Å². The molecule has 3 rings (SSSR count). The van der Waals surface area contributed by atoms with Gasteiger partial charge in [-0.05, 0) is 43.0 Å². The van der Waals surface area contributed by atoms with Gasteiger partial charge in [-0.25, -0.2) is 17.1 Å². The number of carbonyl (C=O) groups excluding carboxylic acids is 1. The van der Waals surface area contributed by atoms with Crippen LogP contribution >= 0.6 is 0 Å². The highest BCUT2D eigenvalue weighted by molar-refractivity contribution is 7.88. The SMILES string of the molecule is CS(=O)(=O)N1CCC(C(=O)N2CCc3cc(F)ccc32)CC1. The second-order valence-corrected chi connectivity index (χ2v) is 7.93. The molecule has 0 unspecified atom stereocenters. The molecule has 2 aliphatic rings. The normalized spacial score (nSPS) is 20.2. The molecule has 0 aromatic heterocycles. The number of halogens is 1. The fraction of sp³-hybridized carbons (Fsp3) is 0.533. The van der Waals surface area contributed by atoms with Crippen molar-refractivity contribution in [2.45, 2.75) is 19.3 Å². The van der Waals surface area contributed by atoms with E-state index in [9.17, 15) is 17.6 Å². The molecule has 5 nitrogen and oxygen atoms in total. The molecule has 0 spiro atoms. The van der Waals surface area contributed by atoms with E-state index in [1.807, 2.05) is 0 Å². The first-order valence-corrected chi connectivity index (χ1v) is 9.26. The molecule has 0 radical (unpaired) electrons. The molecule has 0 N–H and O–H groups in total. The molecule has 22 heavy (non-hydrogen) atoms. The number of rotatable bonds is 2. The molecule has 0 atom stereocenters. The third-order valence-electron chi connectivity index (χ3n) is 4.48. The second kappa shape index (κ2) is 5.62. The maximum atomic E-state index is 13.2. The van der Waals surface area contributed by atoms with Crippen molar-refractivity contribution in [1.29, 1.82) is 0 Å². The van der Waals surface area contributed by atoms with Crippen LogP contribution in [0.25, 0.3) is 0 Å². The van der Waals surface area contributed by atoms with Crippen LogP contribution < -0.4 is 4.90 Å². The summed E-state index contributed by atoms with van der Waals surface area (Å²) in [7, 11) is -3.18. The molecule has 1 amide bonds. The average molecular weight is 326 g/mol. The Morgan fingerprint density at radius 2 is 1.91 bits per heavy atom. The Kier molecular flexibility index (Phi) is 3.94. The van der Waals surface area contributed by atoms with Crippen LogP contribution in [0.1, 0.15) is 18.4 Å². The summed E-state index contributed by atoms with van der Waals surface area (Å²) in [6.45, 7) is 1.35. The quantitative estimate of drug-likeness (QED) is 0.825. The first-order chi connectivity index (χ1) is 10.4. The third kappa shape index (κ3) is 2.87. The fourth-order valence-corrected chi connectivity index (χ4v) is 4.13. The van der Waals surface area contributed by atoms with Crippen molar-refractivity contribution >= 4 is 21.6 Å². The Labute approximate surface area is 129 Å². The molecule has 2 aliphatic heterocycles. The summed E-state index contributed by atoms with van der Waals surface area (Å²) in [4.78, 5) is 14.4. The molecule has 0 saturated carbocycles. The fourth-order valence-electron chi connectivity index (χ4n) is 3.25. The van der Waals surface area contributed by atoms with Gasteiger partial charge in [0.25, 0.3) is 0 Å². The Balaban J connectivity index is 1.70. The summed E-state index contributed by atoms with van der Waals surface area (Å²) in [5.74, 6) is -0.415. The predicted octanol–water partition coefficient (Wildman–Crippen LogP) is 1.39. The Bertz CT molecular complexity index is 697. The number of hydrogen-bond donors (Lipinski definition) is 0. The number of benzene rings is 1. The number of sulfonamides is 1. The molecule has 120 valence electrons. The molecule has 7 heteroatoms. The molecule has 1 aromatic carbocycles. The van der Waals surface area contributed by atoms with Crippen LogP contribution in [0.3, 0.4) is 0 Å². The van der Waals surface area contributed by atoms with Crippen molar-refractivity contribution in [3.63, 3.8) is 0 Å². The van der Waals surface area contributed by atoms with Gasteiger partial charge in [0.1, 0.15) is 5.82 Å². The van der Waals surface area contributed by atoms with E-state index in [1.54, 1.807) is 11.0 Å². The summed E-state index contributed by atoms with van der Waals surface area (Å²) in [6.07, 6.45) is 2.94. The third-order valence-corrected chi connectivity index (χ3v) is 5.78. The zero-order chi connectivity index (χ0) is 15.9. The number of hydrogen-bond acceptors (Lipinski definition) is 3. The predicted molar refractivity (Wildman–Crippen MR) is 81.6 cm³/mol. The van der Waals surface area contributed by atoms with Gasteiger partial charge in [-0.15, -0.1) is 0 Å². The molecular weight excluding hydrogens is 307 g/mol. The summed E-state index contributed by atoms with van der Waals surface area (Å²) >= 11 is 0. The number of carbonyl (C=O) groups is 1. The highest BCUT2D eigenvalue weighted by Crippen LogP contribution is 2.31. The van der Waals surface area contributed by atoms with E-state index in [1.165, 1.54) is 22.7 Å². The minimum atomic E-state index is -3.18. The molecular formula is C15H19FN2O3S. The topological polar surface area (TPSA) is 57.7 Å². The zero-order valence-electron chi connectivity index (χ0n) is 12.5. The smallest absolute Gasteiger partial charge is 0.230 e. The van der Waals surface area contributed by atoms with Crippen LogP contribution in [0, 0.1) is 11.7 Å². The van der Waals surface area contributed by atoms with Crippen molar-refractivity contribution in [1.82, 2.24) is 4.31 Å². The molecule has 1 saturated heterocycles. The minimum absolute atomic E-state index is 0.0264. The summed E-state index contributed by atoms with van der Waals surface area (Å²) < 4.78 is 37.7. The van der Waals surface area contributed by atoms with Crippen molar-refractivity contribution in [3.05, 3.63) is 29.6 Å². The van der Waals surface area contributed by atoms with Gasteiger partial charge in [0.05, 0.1) is 6.26 Å². The molecule has 2 heterocycles. The van der Waals surface area contributed by atoms with E-state index in [4.69, 9.17) is 0 Å². The van der Waals surface area contributed by atoms with E-state index in [0.717, 1.165) is 11.3 Å². The minimum Gasteiger partial charge on any atom is -0.312 e. The van der Waals surface area contributed by atoms with E-state index in [-0.39, 0.29) is 17.6 Å². The summed E-state index contributed by atoms with van der Waals surface area (Å²) in [5, 5.41) is 0. The summed E-state index contributed by atoms with van der Waals surface area (Å²) in [5.41, 5.74) is 1.65. The lowest BCUT2D eigenvalue weighted by Crippen LogP contribution is -2.43. The monoisotopic (exact) mass is 326 g/mol. The first-order valence-electron chi connectivity index (χ1n) is 7.41. The van der Waals surface area contributed by atoms with Crippen LogP contribution in [-0.2, 0) is 21.2 Å². The van der Waals surface area contributed by atoms with Crippen molar-refractivity contribution in [3.8, 4) is 0 Å². The number of anilines is 1. The van der Waals surface area contributed by atoms with Crippen molar-refractivity contribution < 1.29 is 17.6 Å². The summed E-state index contributed by atoms with van der Waals surface area (Å²) in [6, 6.07) is 4.51. The van der Waals surface area contributed by atoms with E-state index >= 15 is 0 Å². The van der Waals surface area contributed by atoms with Crippen LogP contribution in [0.2, 0.25) is 0 Å². The lowest BCUT2D eigenvalue weighted by atomic mass is 9.96. The number of fused-ring (bicyclic) bond motifs is 1. The van der Waals surface area contributed by atoms with Crippen LogP contribution in [0.15, 0.2) is 18.2 Å². The van der Waals surface area contributed by atoms with E-state index < -0.39 is 10.0 Å². The number of amides is 1. The largest absolute Gasteiger partial charge is 0.312 e. The lowest BCUT2D eigenvalue weighted by molar-refractivity contribution is -0.123. The highest BCUT2D eigenvalue weighted by atomic mass is 32.2. The van der Waals surface area contributed by atoms with E-state index in [2.05, 4.69) is 0 Å². The van der Waals surface area contributed by atoms with Gasteiger partial charge in [-0.1, -0.05) is 0 Å². The van der Waals surface area contributed by atoms with Crippen molar-refractivity contribution in [2.24, 2.45) is 5.92 Å². The molecule has 0 aliphatic carbocycles. The second-order valence-electron chi connectivity index (χ2n) is 5.95. The highest BCUT2D eigenvalue weighted by Gasteiger charge is 2.34. The van der Waals surface area contributed by atoms with Gasteiger partial charge in [0, 0.05) is 31.2 Å². The first kappa shape index (κ1) is 15.4. The van der Waals surface area contributed by atoms with Gasteiger partial charge in [0.2, 0.25) is 15.9 Å². The van der Waals surface area contributed by atoms with Gasteiger partial charge in [-0.3, -0.25) is 4.79 Å². The van der Waals surface area contributed by atoms with Crippen LogP contribution in [0.5, 0.6) is 0 Å². The lowest BCUT2D eigenvalue weighted by Gasteiger charge is -2.31. The Morgan fingerprint density at radius 1 is 1.23 bits per heavy atom. The number of nitrogens with zero attached hydrogens (tertiary/aromatic N) is 2. The van der Waals surface area contributed by atoms with Gasteiger partial charge in [-0.2, -0.15) is 0 Å². The van der Waals surface area contributed by atoms with Crippen molar-refractivity contribution in [2.75, 3.05) is 30.8 Å². The Hall–Kier alpha value is -1.47. The van der Waals surface area contributed by atoms with Crippen LogP contribution in [-0.4, -0.2) is 44.5 Å². The maximum Gasteiger partial charge on any atom is 0.230 e. The molecule has 0 bridgehead atoms. The number of piperidine rings is 1. The zero-order valence-corrected chi connectivity index (χ0v) is 13.3. The average Bonchev–Trinajstić information content (AvgIpc) is 2.88. The van der Waals surface area contributed by atoms with Crippen LogP contribution in [0.4, 0.5) is 10.1 Å². The molecule has 1 aromatic rings. The maximum absolute atomic E-state index is 13.2. The van der Waals surface area contributed by atoms with Gasteiger partial charge in [0.15, 0.2) is 0 Å². The molecule has 1 fully saturated rings. The van der Waals surface area contributed by atoms with Gasteiger partial charge < -0.3 is 4.90 Å². The standard InChI is InChI=1S/C15H19FN2O3S/c1-22(20,21)17-7-4-11(5-8-17)15(19)18-9-6-12-10-13(16)2-3-14(12)18/h2-3,10-11H,4-9H2,1H3.